The Hall–Kier alpha value is -1.52. The van der Waals surface area contributed by atoms with Crippen molar-refractivity contribution in [3.05, 3.63) is 41.6 Å². The van der Waals surface area contributed by atoms with E-state index in [0.717, 1.165) is 28.3 Å². The maximum absolute atomic E-state index is 5.92. The zero-order chi connectivity index (χ0) is 11.0. The van der Waals surface area contributed by atoms with Crippen LogP contribution in [-0.4, -0.2) is 13.7 Å². The number of pyridine rings is 1. The third kappa shape index (κ3) is 1.56. The van der Waals surface area contributed by atoms with E-state index in [-0.39, 0.29) is 0 Å². The fourth-order valence-electron chi connectivity index (χ4n) is 1.53. The van der Waals surface area contributed by atoms with Crippen molar-refractivity contribution in [2.24, 2.45) is 0 Å². The summed E-state index contributed by atoms with van der Waals surface area (Å²) in [6.45, 7) is 0. The molecule has 0 aliphatic carbocycles. The molecule has 0 radical (unpaired) electrons. The maximum Gasteiger partial charge on any atom is 0.172 e. The molecule has 5 heteroatoms. The van der Waals surface area contributed by atoms with E-state index in [1.54, 1.807) is 0 Å². The van der Waals surface area contributed by atoms with Crippen LogP contribution in [0.5, 0.6) is 0 Å². The summed E-state index contributed by atoms with van der Waals surface area (Å²) in [6.07, 6.45) is 0. The van der Waals surface area contributed by atoms with Crippen LogP contribution in [0.25, 0.3) is 22.3 Å². The average Bonchev–Trinajstić information content (AvgIpc) is 2.75. The molecule has 0 bridgehead atoms. The van der Waals surface area contributed by atoms with Crippen LogP contribution in [0.2, 0.25) is 5.15 Å². The Bertz CT molecular complexity index is 650. The van der Waals surface area contributed by atoms with E-state index in [9.17, 15) is 0 Å². The highest BCUT2D eigenvalue weighted by Crippen LogP contribution is 2.25. The molecular formula is C11H6ClN3S. The van der Waals surface area contributed by atoms with Gasteiger partial charge in [-0.05, 0) is 12.1 Å². The van der Waals surface area contributed by atoms with Gasteiger partial charge in [-0.2, -0.15) is 8.75 Å². The van der Waals surface area contributed by atoms with Crippen molar-refractivity contribution >= 4 is 34.2 Å². The molecule has 0 saturated carbocycles. The molecule has 16 heavy (non-hydrogen) atoms. The van der Waals surface area contributed by atoms with Crippen LogP contribution in [0.3, 0.4) is 0 Å². The lowest BCUT2D eigenvalue weighted by atomic mass is 10.2. The smallest absolute Gasteiger partial charge is 0.172 e. The van der Waals surface area contributed by atoms with Crippen molar-refractivity contribution in [3.63, 3.8) is 0 Å². The van der Waals surface area contributed by atoms with Gasteiger partial charge >= 0.3 is 0 Å². The normalized spacial score (nSPS) is 10.8. The zero-order valence-electron chi connectivity index (χ0n) is 8.09. The molecule has 0 fully saturated rings. The van der Waals surface area contributed by atoms with Crippen molar-refractivity contribution in [1.29, 1.82) is 0 Å². The number of benzene rings is 1. The van der Waals surface area contributed by atoms with Crippen LogP contribution in [0, 0.1) is 0 Å². The van der Waals surface area contributed by atoms with Gasteiger partial charge in [-0.25, -0.2) is 4.98 Å². The third-order valence-electron chi connectivity index (χ3n) is 2.29. The molecule has 3 nitrogen and oxygen atoms in total. The lowest BCUT2D eigenvalue weighted by Crippen LogP contribution is -1.85. The summed E-state index contributed by atoms with van der Waals surface area (Å²) in [7, 11) is 0. The van der Waals surface area contributed by atoms with Crippen LogP contribution < -0.4 is 0 Å². The zero-order valence-corrected chi connectivity index (χ0v) is 9.66. The van der Waals surface area contributed by atoms with E-state index in [1.165, 1.54) is 0 Å². The van der Waals surface area contributed by atoms with E-state index in [0.29, 0.717) is 10.8 Å². The fourth-order valence-corrected chi connectivity index (χ4v) is 2.27. The van der Waals surface area contributed by atoms with Crippen molar-refractivity contribution in [2.75, 3.05) is 0 Å². The lowest BCUT2D eigenvalue weighted by molar-refractivity contribution is 1.36. The quantitative estimate of drug-likeness (QED) is 0.662. The van der Waals surface area contributed by atoms with E-state index < -0.39 is 0 Å². The van der Waals surface area contributed by atoms with Gasteiger partial charge in [0.25, 0.3) is 0 Å². The Morgan fingerprint density at radius 2 is 1.88 bits per heavy atom. The van der Waals surface area contributed by atoms with Gasteiger partial charge in [-0.3, -0.25) is 0 Å². The van der Waals surface area contributed by atoms with Crippen molar-refractivity contribution in [1.82, 2.24) is 13.7 Å². The highest BCUT2D eigenvalue weighted by atomic mass is 35.5. The molecule has 3 aromatic rings. The highest BCUT2D eigenvalue weighted by molar-refractivity contribution is 6.99. The Morgan fingerprint density at radius 1 is 1.00 bits per heavy atom. The van der Waals surface area contributed by atoms with E-state index in [4.69, 9.17) is 11.6 Å². The van der Waals surface area contributed by atoms with Crippen molar-refractivity contribution in [3.8, 4) is 11.4 Å². The minimum Gasteiger partial charge on any atom is -0.246 e. The molecule has 3 rings (SSSR count). The number of fused-ring (bicyclic) bond motifs is 1. The number of aromatic nitrogens is 3. The van der Waals surface area contributed by atoms with Gasteiger partial charge in [-0.15, -0.1) is 0 Å². The van der Waals surface area contributed by atoms with Crippen LogP contribution in [0.1, 0.15) is 0 Å². The molecular weight excluding hydrogens is 242 g/mol. The van der Waals surface area contributed by atoms with Crippen LogP contribution in [-0.2, 0) is 0 Å². The number of para-hydroxylation sites is 1. The molecule has 2 aromatic heterocycles. The monoisotopic (exact) mass is 247 g/mol. The summed E-state index contributed by atoms with van der Waals surface area (Å²) in [5.41, 5.74) is 2.35. The molecule has 0 saturated heterocycles. The second-order valence-corrected chi connectivity index (χ2v) is 4.18. The number of hydrogen-bond donors (Lipinski definition) is 0. The summed E-state index contributed by atoms with van der Waals surface area (Å²) in [6, 6.07) is 11.8. The first kappa shape index (κ1) is 9.69. The van der Waals surface area contributed by atoms with Gasteiger partial charge in [0.15, 0.2) is 5.15 Å². The van der Waals surface area contributed by atoms with Crippen LogP contribution >= 0.6 is 23.3 Å². The van der Waals surface area contributed by atoms with E-state index >= 15 is 0 Å². The molecule has 1 aromatic carbocycles. The molecule has 2 heterocycles. The number of halogens is 1. The lowest BCUT2D eigenvalue weighted by Gasteiger charge is -1.99. The number of hydrogen-bond acceptors (Lipinski definition) is 4. The second kappa shape index (κ2) is 3.81. The summed E-state index contributed by atoms with van der Waals surface area (Å²) >= 11 is 7.02. The largest absolute Gasteiger partial charge is 0.246 e. The minimum absolute atomic E-state index is 0.410. The highest BCUT2D eigenvalue weighted by Gasteiger charge is 2.09. The molecule has 0 unspecified atom stereocenters. The first-order valence-electron chi connectivity index (χ1n) is 4.69. The minimum atomic E-state index is 0.410. The van der Waals surface area contributed by atoms with Crippen LogP contribution in [0.4, 0.5) is 0 Å². The second-order valence-electron chi connectivity index (χ2n) is 3.29. The van der Waals surface area contributed by atoms with Gasteiger partial charge in [0.1, 0.15) is 5.69 Å². The molecule has 0 aliphatic rings. The standard InChI is InChI=1S/C11H6ClN3S/c12-11-10(14-16-15-11)9-6-5-7-3-1-2-4-8(7)13-9/h1-6H. The first-order chi connectivity index (χ1) is 7.84. The molecule has 78 valence electrons. The Labute approximate surface area is 101 Å². The summed E-state index contributed by atoms with van der Waals surface area (Å²) < 4.78 is 8.06. The first-order valence-corrected chi connectivity index (χ1v) is 5.79. The van der Waals surface area contributed by atoms with Gasteiger partial charge in [0.2, 0.25) is 0 Å². The average molecular weight is 248 g/mol. The van der Waals surface area contributed by atoms with E-state index in [2.05, 4.69) is 13.7 Å². The van der Waals surface area contributed by atoms with Crippen molar-refractivity contribution < 1.29 is 0 Å². The predicted molar refractivity (Wildman–Crippen MR) is 65.7 cm³/mol. The molecule has 0 amide bonds. The van der Waals surface area contributed by atoms with Crippen LogP contribution in [0.15, 0.2) is 36.4 Å². The number of nitrogens with zero attached hydrogens (tertiary/aromatic N) is 3. The molecule has 0 spiro atoms. The molecule has 0 aliphatic heterocycles. The summed E-state index contributed by atoms with van der Waals surface area (Å²) in [5, 5.41) is 1.51. The Kier molecular flexibility index (Phi) is 2.31. The van der Waals surface area contributed by atoms with Gasteiger partial charge in [0, 0.05) is 5.39 Å². The van der Waals surface area contributed by atoms with Crippen molar-refractivity contribution in [2.45, 2.75) is 0 Å². The summed E-state index contributed by atoms with van der Waals surface area (Å²) in [5.74, 6) is 0. The van der Waals surface area contributed by atoms with Gasteiger partial charge < -0.3 is 0 Å². The Morgan fingerprint density at radius 3 is 2.69 bits per heavy atom. The third-order valence-corrected chi connectivity index (χ3v) is 3.18. The SMILES string of the molecule is Clc1nsnc1-c1ccc2ccccc2n1. The predicted octanol–water partition coefficient (Wildman–Crippen LogP) is 3.41. The topological polar surface area (TPSA) is 38.7 Å². The number of rotatable bonds is 1. The van der Waals surface area contributed by atoms with Gasteiger partial charge in [0.05, 0.1) is 22.9 Å². The summed E-state index contributed by atoms with van der Waals surface area (Å²) in [4.78, 5) is 4.50. The molecule has 0 atom stereocenters. The van der Waals surface area contributed by atoms with Gasteiger partial charge in [-0.1, -0.05) is 35.9 Å². The fraction of sp³-hybridized carbons (Fsp3) is 0. The molecule has 0 N–H and O–H groups in total. The maximum atomic E-state index is 5.92. The Balaban J connectivity index is 2.23. The van der Waals surface area contributed by atoms with E-state index in [1.807, 2.05) is 36.4 Å².